The molecule has 0 unspecified atom stereocenters. The van der Waals surface area contributed by atoms with E-state index in [1.165, 1.54) is 5.92 Å². The van der Waals surface area contributed by atoms with E-state index in [9.17, 15) is 9.59 Å². The third-order valence-corrected chi connectivity index (χ3v) is 3.59. The quantitative estimate of drug-likeness (QED) is 0.643. The van der Waals surface area contributed by atoms with E-state index in [1.807, 2.05) is 44.9 Å². The van der Waals surface area contributed by atoms with Crippen molar-refractivity contribution in [3.05, 3.63) is 96.3 Å². The van der Waals surface area contributed by atoms with E-state index in [0.29, 0.717) is 12.1 Å². The van der Waals surface area contributed by atoms with Crippen LogP contribution >= 0.6 is 0 Å². The molecule has 0 amide bonds. The van der Waals surface area contributed by atoms with Crippen LogP contribution in [0.1, 0.15) is 24.8 Å². The number of hydrogen-bond acceptors (Lipinski definition) is 2. The Hall–Kier alpha value is -0.801. The smallest absolute Gasteiger partial charge is 0.300 e. The molecule has 0 spiro atoms. The fraction of sp³-hybridized carbons (Fsp3) is 0.263. The molecule has 2 fully saturated rings. The van der Waals surface area contributed by atoms with Gasteiger partial charge in [0.15, 0.2) is 0 Å². The summed E-state index contributed by atoms with van der Waals surface area (Å²) in [7, 11) is 0. The predicted octanol–water partition coefficient (Wildman–Crippen LogP) is 2.44. The van der Waals surface area contributed by atoms with Crippen molar-refractivity contribution in [1.82, 2.24) is 9.55 Å². The van der Waals surface area contributed by atoms with E-state index in [2.05, 4.69) is 17.8 Å². The van der Waals surface area contributed by atoms with Gasteiger partial charge in [0.25, 0.3) is 5.56 Å². The molecule has 0 atom stereocenters. The Morgan fingerprint density at radius 3 is 2.08 bits per heavy atom. The topological polar surface area (TPSA) is 54.9 Å². The maximum absolute atomic E-state index is 11.5. The van der Waals surface area contributed by atoms with Gasteiger partial charge in [0, 0.05) is 18.3 Å². The van der Waals surface area contributed by atoms with Gasteiger partial charge in [-0.15, -0.1) is 0 Å². The first-order chi connectivity index (χ1) is 11.2. The van der Waals surface area contributed by atoms with E-state index in [1.54, 1.807) is 17.7 Å². The van der Waals surface area contributed by atoms with E-state index >= 15 is 0 Å². The second-order valence-corrected chi connectivity index (χ2v) is 5.48. The SMILES string of the molecule is Cc1cn(CCCC[C]2[CH][CH][CH][CH]2)c(=O)[nH]c1=O.[CH]1[CH][CH][CH][CH]1.[Fe+2]. The Kier molecular flexibility index (Phi) is 10.4. The molecule has 1 N–H and O–H groups in total. The molecule has 0 saturated heterocycles. The number of aromatic amines is 1. The maximum Gasteiger partial charge on any atom is 2.00 e. The third-order valence-electron chi connectivity index (χ3n) is 3.59. The molecule has 2 aliphatic rings. The number of aromatic nitrogens is 2. The Morgan fingerprint density at radius 2 is 1.50 bits per heavy atom. The van der Waals surface area contributed by atoms with Crippen molar-refractivity contribution < 1.29 is 17.1 Å². The van der Waals surface area contributed by atoms with Gasteiger partial charge < -0.3 is 4.57 Å². The van der Waals surface area contributed by atoms with Crippen LogP contribution in [-0.4, -0.2) is 9.55 Å². The molecule has 3 rings (SSSR count). The number of nitrogens with zero attached hydrogens (tertiary/aromatic N) is 1. The molecule has 1 aromatic rings. The van der Waals surface area contributed by atoms with Gasteiger partial charge in [-0.2, -0.15) is 0 Å². The van der Waals surface area contributed by atoms with Crippen molar-refractivity contribution >= 4 is 0 Å². The molecule has 0 aliphatic heterocycles. The molecule has 24 heavy (non-hydrogen) atoms. The number of nitrogens with one attached hydrogen (secondary N) is 1. The van der Waals surface area contributed by atoms with Gasteiger partial charge in [-0.05, 0) is 83.5 Å². The van der Waals surface area contributed by atoms with Gasteiger partial charge in [0.05, 0.1) is 0 Å². The molecule has 2 saturated carbocycles. The Labute approximate surface area is 155 Å². The first kappa shape index (κ1) is 21.2. The zero-order valence-corrected chi connectivity index (χ0v) is 14.8. The summed E-state index contributed by atoms with van der Waals surface area (Å²) in [6.07, 6.45) is 22.9. The monoisotopic (exact) mass is 366 g/mol. The number of unbranched alkanes of at least 4 members (excludes halogenated alkanes) is 1. The van der Waals surface area contributed by atoms with Gasteiger partial charge in [-0.3, -0.25) is 9.78 Å². The van der Waals surface area contributed by atoms with E-state index < -0.39 is 0 Å². The van der Waals surface area contributed by atoms with Crippen LogP contribution in [0.2, 0.25) is 0 Å². The fourth-order valence-electron chi connectivity index (χ4n) is 2.30. The zero-order chi connectivity index (χ0) is 16.5. The fourth-order valence-corrected chi connectivity index (χ4v) is 2.30. The minimum Gasteiger partial charge on any atom is -0.300 e. The molecule has 10 radical (unpaired) electrons. The molecule has 2 aliphatic carbocycles. The zero-order valence-electron chi connectivity index (χ0n) is 13.7. The van der Waals surface area contributed by atoms with E-state index in [0.717, 1.165) is 19.3 Å². The molecule has 0 aromatic carbocycles. The normalized spacial score (nSPS) is 17.2. The summed E-state index contributed by atoms with van der Waals surface area (Å²) < 4.78 is 1.57. The summed E-state index contributed by atoms with van der Waals surface area (Å²) >= 11 is 0. The van der Waals surface area contributed by atoms with Crippen LogP contribution < -0.4 is 11.2 Å². The summed E-state index contributed by atoms with van der Waals surface area (Å²) in [6.45, 7) is 2.36. The molecule has 0 bridgehead atoms. The van der Waals surface area contributed by atoms with Crippen LogP contribution in [0.3, 0.4) is 0 Å². The summed E-state index contributed by atoms with van der Waals surface area (Å²) in [4.78, 5) is 25.0. The minimum atomic E-state index is -0.320. The maximum atomic E-state index is 11.5. The first-order valence-electron chi connectivity index (χ1n) is 7.84. The van der Waals surface area contributed by atoms with Crippen LogP contribution in [0.4, 0.5) is 0 Å². The second-order valence-electron chi connectivity index (χ2n) is 5.48. The van der Waals surface area contributed by atoms with Gasteiger partial charge >= 0.3 is 22.8 Å². The Balaban J connectivity index is 0.000000412. The van der Waals surface area contributed by atoms with E-state index in [4.69, 9.17) is 0 Å². The van der Waals surface area contributed by atoms with Crippen molar-refractivity contribution in [2.75, 3.05) is 0 Å². The second kappa shape index (κ2) is 11.7. The van der Waals surface area contributed by atoms with Gasteiger partial charge in [-0.1, -0.05) is 6.42 Å². The van der Waals surface area contributed by atoms with Gasteiger partial charge in [-0.25, -0.2) is 4.79 Å². The van der Waals surface area contributed by atoms with Crippen molar-refractivity contribution in [2.24, 2.45) is 0 Å². The number of hydrogen-bond donors (Lipinski definition) is 1. The number of rotatable bonds is 5. The third kappa shape index (κ3) is 7.40. The van der Waals surface area contributed by atoms with Crippen LogP contribution in [0, 0.1) is 70.6 Å². The average Bonchev–Trinajstić information content (AvgIpc) is 3.24. The molecule has 1 aromatic heterocycles. The average molecular weight is 366 g/mol. The standard InChI is InChI=1S/C14H17N2O2.C5H5.Fe/c1-11-10-16(14(18)15-13(11)17)9-5-4-8-12-6-2-3-7-12;1-2-4-5-3-1;/h2-3,6-7,10H,4-5,8-9H2,1H3,(H,15,17,18);1-5H;/q;;+2. The van der Waals surface area contributed by atoms with Crippen molar-refractivity contribution in [1.29, 1.82) is 0 Å². The molecule has 5 heteroatoms. The van der Waals surface area contributed by atoms with Crippen LogP contribution in [0.25, 0.3) is 0 Å². The molecule has 1 heterocycles. The minimum absolute atomic E-state index is 0. The van der Waals surface area contributed by atoms with Gasteiger partial charge in [0.2, 0.25) is 0 Å². The van der Waals surface area contributed by atoms with Crippen LogP contribution in [0.15, 0.2) is 15.8 Å². The molecule has 126 valence electrons. The van der Waals surface area contributed by atoms with Crippen molar-refractivity contribution in [2.45, 2.75) is 32.7 Å². The van der Waals surface area contributed by atoms with Gasteiger partial charge in [0.1, 0.15) is 0 Å². The molecular formula is C19H22FeN2O2+2. The first-order valence-corrected chi connectivity index (χ1v) is 7.84. The van der Waals surface area contributed by atoms with Crippen molar-refractivity contribution in [3.8, 4) is 0 Å². The van der Waals surface area contributed by atoms with Crippen LogP contribution in [-0.2, 0) is 23.6 Å². The van der Waals surface area contributed by atoms with E-state index in [-0.39, 0.29) is 28.3 Å². The Bertz CT molecular complexity index is 562. The van der Waals surface area contributed by atoms with Crippen LogP contribution in [0.5, 0.6) is 0 Å². The molecular weight excluding hydrogens is 344 g/mol. The Morgan fingerprint density at radius 1 is 0.917 bits per heavy atom. The summed E-state index contributed by atoms with van der Waals surface area (Å²) in [5.74, 6) is 1.33. The summed E-state index contributed by atoms with van der Waals surface area (Å²) in [5.41, 5.74) is -0.0439. The summed E-state index contributed by atoms with van der Waals surface area (Å²) in [5, 5.41) is 0. The molecule has 4 nitrogen and oxygen atoms in total. The predicted molar refractivity (Wildman–Crippen MR) is 91.9 cm³/mol. The number of H-pyrrole nitrogens is 1. The number of aryl methyl sites for hydroxylation is 2. The van der Waals surface area contributed by atoms with Crippen molar-refractivity contribution in [3.63, 3.8) is 0 Å². The largest absolute Gasteiger partial charge is 2.00 e. The summed E-state index contributed by atoms with van der Waals surface area (Å²) in [6, 6.07) is 0.